The van der Waals surface area contributed by atoms with Crippen molar-refractivity contribution in [3.05, 3.63) is 78.4 Å². The summed E-state index contributed by atoms with van der Waals surface area (Å²) in [5, 5.41) is 22.3. The molecule has 1 aliphatic heterocycles. The Morgan fingerprint density at radius 3 is 2.27 bits per heavy atom. The van der Waals surface area contributed by atoms with Gasteiger partial charge in [0.25, 0.3) is 17.6 Å². The summed E-state index contributed by atoms with van der Waals surface area (Å²) in [5.74, 6) is -1.78. The van der Waals surface area contributed by atoms with Crippen molar-refractivity contribution in [2.45, 2.75) is 25.8 Å². The molecule has 3 heterocycles. The highest BCUT2D eigenvalue weighted by atomic mass is 16.5. The van der Waals surface area contributed by atoms with Gasteiger partial charge in [-0.05, 0) is 56.0 Å². The van der Waals surface area contributed by atoms with Gasteiger partial charge in [0.15, 0.2) is 0 Å². The van der Waals surface area contributed by atoms with E-state index < -0.39 is 11.9 Å². The molecule has 3 N–H and O–H groups in total. The van der Waals surface area contributed by atoms with E-state index in [2.05, 4.69) is 55.7 Å². The number of nitrogens with zero attached hydrogens (tertiary/aromatic N) is 4. The van der Waals surface area contributed by atoms with Gasteiger partial charge in [0, 0.05) is 43.2 Å². The first-order chi connectivity index (χ1) is 17.9. The second-order valence-corrected chi connectivity index (χ2v) is 8.42. The third-order valence-corrected chi connectivity index (χ3v) is 5.72. The second-order valence-electron chi connectivity index (χ2n) is 8.42. The third kappa shape index (κ3) is 9.65. The van der Waals surface area contributed by atoms with Crippen molar-refractivity contribution < 1.29 is 29.1 Å². The van der Waals surface area contributed by atoms with Crippen molar-refractivity contribution in [1.82, 2.24) is 25.3 Å². The lowest BCUT2D eigenvalue weighted by Crippen LogP contribution is -2.35. The minimum absolute atomic E-state index is 0.0643. The SMILES string of the molecule is O=C(NCCC1CCN(Cc2ccccc2)CC1)c1noc(-c2ccncc2)n1.O=C(O)/C=C/C(=O)O. The van der Waals surface area contributed by atoms with Crippen LogP contribution in [0.1, 0.15) is 35.4 Å². The van der Waals surface area contributed by atoms with Crippen LogP contribution in [0.2, 0.25) is 0 Å². The molecule has 0 bridgehead atoms. The number of likely N-dealkylation sites (tertiary alicyclic amines) is 1. The number of aromatic nitrogens is 3. The standard InChI is InChI=1S/C22H25N5O2.C4H4O4/c28-21(20-25-22(29-26-20)19-7-11-23-12-8-19)24-13-6-17-9-14-27(15-10-17)16-18-4-2-1-3-5-18;5-3(6)1-2-4(7)8/h1-5,7-8,11-12,17H,6,9-10,13-16H2,(H,24,28);1-2H,(H,5,6)(H,7,8)/b;2-1+. The Kier molecular flexibility index (Phi) is 10.5. The maximum Gasteiger partial charge on any atom is 0.328 e. The second kappa shape index (κ2) is 14.2. The highest BCUT2D eigenvalue weighted by Gasteiger charge is 2.20. The van der Waals surface area contributed by atoms with Gasteiger partial charge in [-0.15, -0.1) is 0 Å². The molecule has 0 spiro atoms. The molecular weight excluding hydrogens is 478 g/mol. The van der Waals surface area contributed by atoms with Crippen LogP contribution in [0.25, 0.3) is 11.5 Å². The van der Waals surface area contributed by atoms with Crippen molar-refractivity contribution in [2.24, 2.45) is 5.92 Å². The van der Waals surface area contributed by atoms with Crippen LogP contribution >= 0.6 is 0 Å². The van der Waals surface area contributed by atoms with Gasteiger partial charge in [0.2, 0.25) is 0 Å². The molecule has 194 valence electrons. The normalized spacial score (nSPS) is 14.1. The summed E-state index contributed by atoms with van der Waals surface area (Å²) in [6.45, 7) is 3.85. The largest absolute Gasteiger partial charge is 0.478 e. The number of carboxylic acid groups (broad SMARTS) is 2. The van der Waals surface area contributed by atoms with Gasteiger partial charge in [-0.2, -0.15) is 4.98 Å². The third-order valence-electron chi connectivity index (χ3n) is 5.72. The van der Waals surface area contributed by atoms with Crippen molar-refractivity contribution in [2.75, 3.05) is 19.6 Å². The van der Waals surface area contributed by atoms with Crippen LogP contribution in [0.3, 0.4) is 0 Å². The molecule has 0 radical (unpaired) electrons. The molecular formula is C26H29N5O6. The van der Waals surface area contributed by atoms with Crippen LogP contribution in [-0.4, -0.2) is 67.7 Å². The van der Waals surface area contributed by atoms with Crippen LogP contribution in [0.5, 0.6) is 0 Å². The molecule has 0 saturated carbocycles. The van der Waals surface area contributed by atoms with Gasteiger partial charge in [-0.1, -0.05) is 35.5 Å². The average Bonchev–Trinajstić information content (AvgIpc) is 3.41. The predicted molar refractivity (Wildman–Crippen MR) is 133 cm³/mol. The fourth-order valence-electron chi connectivity index (χ4n) is 3.81. The number of nitrogens with one attached hydrogen (secondary N) is 1. The van der Waals surface area contributed by atoms with Crippen molar-refractivity contribution in [1.29, 1.82) is 0 Å². The van der Waals surface area contributed by atoms with E-state index in [9.17, 15) is 14.4 Å². The van der Waals surface area contributed by atoms with Crippen molar-refractivity contribution >= 4 is 17.8 Å². The Hall–Kier alpha value is -4.38. The summed E-state index contributed by atoms with van der Waals surface area (Å²) in [6.07, 6.45) is 7.70. The molecule has 1 aromatic carbocycles. The minimum Gasteiger partial charge on any atom is -0.478 e. The van der Waals surface area contributed by atoms with Gasteiger partial charge in [0.1, 0.15) is 0 Å². The Morgan fingerprint density at radius 1 is 1.00 bits per heavy atom. The van der Waals surface area contributed by atoms with Crippen LogP contribution in [-0.2, 0) is 16.1 Å². The van der Waals surface area contributed by atoms with Crippen LogP contribution in [0.15, 0.2) is 71.5 Å². The molecule has 11 heteroatoms. The first kappa shape index (κ1) is 27.2. The minimum atomic E-state index is -1.26. The predicted octanol–water partition coefficient (Wildman–Crippen LogP) is 2.88. The molecule has 1 amide bonds. The smallest absolute Gasteiger partial charge is 0.328 e. The van der Waals surface area contributed by atoms with E-state index in [0.29, 0.717) is 30.5 Å². The number of carboxylic acids is 2. The zero-order valence-corrected chi connectivity index (χ0v) is 20.2. The highest BCUT2D eigenvalue weighted by molar-refractivity contribution is 5.90. The van der Waals surface area contributed by atoms with Crippen LogP contribution < -0.4 is 5.32 Å². The lowest BCUT2D eigenvalue weighted by atomic mass is 9.93. The fraction of sp³-hybridized carbons (Fsp3) is 0.308. The van der Waals surface area contributed by atoms with Crippen molar-refractivity contribution in [3.8, 4) is 11.5 Å². The number of aliphatic carboxylic acids is 2. The summed E-state index contributed by atoms with van der Waals surface area (Å²) < 4.78 is 5.17. The van der Waals surface area contributed by atoms with Gasteiger partial charge in [-0.3, -0.25) is 14.7 Å². The first-order valence-electron chi connectivity index (χ1n) is 11.8. The number of piperidine rings is 1. The monoisotopic (exact) mass is 507 g/mol. The first-order valence-corrected chi connectivity index (χ1v) is 11.8. The molecule has 2 aromatic heterocycles. The van der Waals surface area contributed by atoms with E-state index in [-0.39, 0.29) is 11.7 Å². The molecule has 1 saturated heterocycles. The highest BCUT2D eigenvalue weighted by Crippen LogP contribution is 2.21. The van der Waals surface area contributed by atoms with Crippen LogP contribution in [0.4, 0.5) is 0 Å². The summed E-state index contributed by atoms with van der Waals surface area (Å²) in [4.78, 5) is 42.0. The molecule has 0 unspecified atom stereocenters. The molecule has 4 rings (SSSR count). The Labute approximate surface area is 213 Å². The molecule has 1 fully saturated rings. The number of rotatable bonds is 9. The summed E-state index contributed by atoms with van der Waals surface area (Å²) in [6, 6.07) is 14.1. The average molecular weight is 508 g/mol. The number of pyridine rings is 1. The maximum atomic E-state index is 12.3. The van der Waals surface area contributed by atoms with Crippen LogP contribution in [0, 0.1) is 5.92 Å². The summed E-state index contributed by atoms with van der Waals surface area (Å²) >= 11 is 0. The van der Waals surface area contributed by atoms with E-state index in [1.165, 1.54) is 5.56 Å². The van der Waals surface area contributed by atoms with E-state index in [1.54, 1.807) is 24.5 Å². The topological polar surface area (TPSA) is 159 Å². The van der Waals surface area contributed by atoms with E-state index >= 15 is 0 Å². The number of hydrogen-bond acceptors (Lipinski definition) is 8. The zero-order valence-electron chi connectivity index (χ0n) is 20.2. The Balaban J connectivity index is 0.000000414. The lowest BCUT2D eigenvalue weighted by molar-refractivity contribution is -0.134. The van der Waals surface area contributed by atoms with Gasteiger partial charge in [-0.25, -0.2) is 9.59 Å². The quantitative estimate of drug-likeness (QED) is 0.368. The number of hydrogen-bond donors (Lipinski definition) is 3. The fourth-order valence-corrected chi connectivity index (χ4v) is 3.81. The Morgan fingerprint density at radius 2 is 1.65 bits per heavy atom. The van der Waals surface area contributed by atoms with E-state index in [1.807, 2.05) is 0 Å². The maximum absolute atomic E-state index is 12.3. The Bertz CT molecular complexity index is 1160. The van der Waals surface area contributed by atoms with Gasteiger partial charge in [0.05, 0.1) is 0 Å². The lowest BCUT2D eigenvalue weighted by Gasteiger charge is -2.32. The summed E-state index contributed by atoms with van der Waals surface area (Å²) in [5.41, 5.74) is 2.11. The number of carbonyl (C=O) groups excluding carboxylic acids is 1. The summed E-state index contributed by atoms with van der Waals surface area (Å²) in [7, 11) is 0. The van der Waals surface area contributed by atoms with E-state index in [4.69, 9.17) is 14.7 Å². The molecule has 3 aromatic rings. The molecule has 37 heavy (non-hydrogen) atoms. The molecule has 0 aliphatic carbocycles. The van der Waals surface area contributed by atoms with E-state index in [0.717, 1.165) is 44.5 Å². The molecule has 0 atom stereocenters. The molecule has 11 nitrogen and oxygen atoms in total. The molecule has 1 aliphatic rings. The number of carbonyl (C=O) groups is 3. The van der Waals surface area contributed by atoms with Crippen molar-refractivity contribution in [3.63, 3.8) is 0 Å². The number of amides is 1. The van der Waals surface area contributed by atoms with Gasteiger partial charge >= 0.3 is 11.9 Å². The number of benzene rings is 1. The zero-order chi connectivity index (χ0) is 26.5. The van der Waals surface area contributed by atoms with Gasteiger partial charge < -0.3 is 20.1 Å².